The monoisotopic (exact) mass is 486 g/mol. The summed E-state index contributed by atoms with van der Waals surface area (Å²) in [6.45, 7) is 0. The van der Waals surface area contributed by atoms with E-state index in [4.69, 9.17) is 11.6 Å². The van der Waals surface area contributed by atoms with Gasteiger partial charge in [0, 0.05) is 28.8 Å². The molecule has 5 rings (SSSR count). The number of hydrogen-bond acceptors (Lipinski definition) is 5. The highest BCUT2D eigenvalue weighted by atomic mass is 35.5. The highest BCUT2D eigenvalue weighted by molar-refractivity contribution is 7.18. The molecule has 0 radical (unpaired) electrons. The zero-order valence-corrected chi connectivity index (χ0v) is 19.5. The van der Waals surface area contributed by atoms with Crippen LogP contribution in [0, 0.1) is 0 Å². The first-order chi connectivity index (χ1) is 16.6. The van der Waals surface area contributed by atoms with E-state index in [0.29, 0.717) is 33.6 Å². The second-order valence-corrected chi connectivity index (χ2v) is 9.15. The van der Waals surface area contributed by atoms with Crippen LogP contribution in [0.4, 0.5) is 0 Å². The van der Waals surface area contributed by atoms with Gasteiger partial charge in [-0.1, -0.05) is 60.1 Å². The number of para-hydroxylation sites is 2. The number of hydrogen-bond donors (Lipinski definition) is 2. The summed E-state index contributed by atoms with van der Waals surface area (Å²) in [5.41, 5.74) is 8.33. The molecule has 2 heterocycles. The number of thiazole rings is 1. The Balaban J connectivity index is 1.31. The SMILES string of the molecule is O=C(CCc1nc2ccccc2s1)NNC(=O)c1cc(-c2ccccc2Cl)nc2ccccc12. The van der Waals surface area contributed by atoms with Crippen molar-refractivity contribution in [3.05, 3.63) is 94.5 Å². The number of carbonyl (C=O) groups is 2. The summed E-state index contributed by atoms with van der Waals surface area (Å²) in [6, 6.07) is 24.2. The minimum absolute atomic E-state index is 0.210. The molecule has 6 nitrogen and oxygen atoms in total. The lowest BCUT2D eigenvalue weighted by Gasteiger charge is -2.12. The van der Waals surface area contributed by atoms with Crippen molar-refractivity contribution in [2.75, 3.05) is 0 Å². The minimum atomic E-state index is -0.430. The van der Waals surface area contributed by atoms with Crippen LogP contribution in [0.5, 0.6) is 0 Å². The molecule has 0 spiro atoms. The number of aryl methyl sites for hydroxylation is 1. The molecular formula is C26H19ClN4O2S. The molecule has 0 fully saturated rings. The van der Waals surface area contributed by atoms with Gasteiger partial charge in [0.05, 0.1) is 32.0 Å². The van der Waals surface area contributed by atoms with Crippen molar-refractivity contribution in [3.63, 3.8) is 0 Å². The molecule has 0 bridgehead atoms. The number of rotatable bonds is 5. The van der Waals surface area contributed by atoms with Crippen LogP contribution in [0.1, 0.15) is 21.8 Å². The van der Waals surface area contributed by atoms with E-state index >= 15 is 0 Å². The zero-order chi connectivity index (χ0) is 23.5. The molecule has 5 aromatic rings. The number of benzene rings is 3. The summed E-state index contributed by atoms with van der Waals surface area (Å²) in [6.07, 6.45) is 0.706. The second-order valence-electron chi connectivity index (χ2n) is 7.63. The van der Waals surface area contributed by atoms with Crippen LogP contribution < -0.4 is 10.9 Å². The largest absolute Gasteiger partial charge is 0.273 e. The number of carbonyl (C=O) groups excluding carboxylic acids is 2. The maximum Gasteiger partial charge on any atom is 0.270 e. The quantitative estimate of drug-likeness (QED) is 0.318. The van der Waals surface area contributed by atoms with Gasteiger partial charge in [0.15, 0.2) is 0 Å². The molecule has 3 aromatic carbocycles. The Morgan fingerprint density at radius 3 is 2.41 bits per heavy atom. The maximum absolute atomic E-state index is 13.0. The van der Waals surface area contributed by atoms with Gasteiger partial charge >= 0.3 is 0 Å². The minimum Gasteiger partial charge on any atom is -0.273 e. The van der Waals surface area contributed by atoms with Crippen LogP contribution >= 0.6 is 22.9 Å². The Morgan fingerprint density at radius 1 is 0.853 bits per heavy atom. The molecule has 0 aliphatic rings. The van der Waals surface area contributed by atoms with Gasteiger partial charge in [0.25, 0.3) is 5.91 Å². The van der Waals surface area contributed by atoms with Gasteiger partial charge in [0.2, 0.25) is 5.91 Å². The van der Waals surface area contributed by atoms with Gasteiger partial charge in [-0.15, -0.1) is 11.3 Å². The molecular weight excluding hydrogens is 468 g/mol. The first kappa shape index (κ1) is 22.0. The smallest absolute Gasteiger partial charge is 0.270 e. The standard InChI is InChI=1S/C26H19ClN4O2S/c27-19-9-3-1-8-17(19)22-15-18(16-7-2-4-10-20(16)28-22)26(33)31-30-24(32)13-14-25-29-21-11-5-6-12-23(21)34-25/h1-12,15H,13-14H2,(H,30,32)(H,31,33). The molecule has 2 aromatic heterocycles. The van der Waals surface area contributed by atoms with Gasteiger partial charge in [-0.3, -0.25) is 20.4 Å². The lowest BCUT2D eigenvalue weighted by atomic mass is 10.0. The van der Waals surface area contributed by atoms with Crippen molar-refractivity contribution in [2.24, 2.45) is 0 Å². The summed E-state index contributed by atoms with van der Waals surface area (Å²) in [4.78, 5) is 34.6. The van der Waals surface area contributed by atoms with E-state index < -0.39 is 5.91 Å². The fraction of sp³-hybridized carbons (Fsp3) is 0.0769. The molecule has 0 saturated heterocycles. The van der Waals surface area contributed by atoms with Gasteiger partial charge in [-0.05, 0) is 30.3 Å². The normalized spacial score (nSPS) is 11.0. The maximum atomic E-state index is 13.0. The lowest BCUT2D eigenvalue weighted by Crippen LogP contribution is -2.41. The van der Waals surface area contributed by atoms with Crippen molar-refractivity contribution < 1.29 is 9.59 Å². The van der Waals surface area contributed by atoms with Crippen LogP contribution in [0.25, 0.3) is 32.4 Å². The average Bonchev–Trinajstić information content (AvgIpc) is 3.29. The summed E-state index contributed by atoms with van der Waals surface area (Å²) >= 11 is 7.92. The molecule has 2 amide bonds. The third-order valence-electron chi connectivity index (χ3n) is 5.33. The Morgan fingerprint density at radius 2 is 1.59 bits per heavy atom. The van der Waals surface area contributed by atoms with Crippen LogP contribution in [0.3, 0.4) is 0 Å². The number of halogens is 1. The van der Waals surface area contributed by atoms with Crippen LogP contribution in [-0.4, -0.2) is 21.8 Å². The molecule has 34 heavy (non-hydrogen) atoms. The van der Waals surface area contributed by atoms with E-state index in [9.17, 15) is 9.59 Å². The predicted molar refractivity (Wildman–Crippen MR) is 136 cm³/mol. The zero-order valence-electron chi connectivity index (χ0n) is 17.9. The molecule has 0 saturated carbocycles. The summed E-state index contributed by atoms with van der Waals surface area (Å²) < 4.78 is 1.09. The number of nitrogens with zero attached hydrogens (tertiary/aromatic N) is 2. The summed E-state index contributed by atoms with van der Waals surface area (Å²) in [5.74, 6) is -0.725. The Kier molecular flexibility index (Phi) is 6.20. The highest BCUT2D eigenvalue weighted by Crippen LogP contribution is 2.29. The number of fused-ring (bicyclic) bond motifs is 2. The van der Waals surface area contributed by atoms with E-state index in [1.165, 1.54) is 0 Å². The summed E-state index contributed by atoms with van der Waals surface area (Å²) in [5, 5.41) is 2.10. The molecule has 0 aliphatic carbocycles. The van der Waals surface area contributed by atoms with Gasteiger partial charge in [0.1, 0.15) is 0 Å². The Labute approximate surface area is 204 Å². The Hall–Kier alpha value is -3.81. The highest BCUT2D eigenvalue weighted by Gasteiger charge is 2.16. The molecule has 0 unspecified atom stereocenters. The van der Waals surface area contributed by atoms with Crippen molar-refractivity contribution >= 4 is 55.9 Å². The fourth-order valence-electron chi connectivity index (χ4n) is 3.67. The van der Waals surface area contributed by atoms with Gasteiger partial charge in [-0.25, -0.2) is 9.97 Å². The van der Waals surface area contributed by atoms with E-state index in [2.05, 4.69) is 20.8 Å². The lowest BCUT2D eigenvalue weighted by molar-refractivity contribution is -0.121. The number of amides is 2. The van der Waals surface area contributed by atoms with Crippen LogP contribution in [0.15, 0.2) is 78.9 Å². The van der Waals surface area contributed by atoms with Crippen LogP contribution in [-0.2, 0) is 11.2 Å². The molecule has 8 heteroatoms. The van der Waals surface area contributed by atoms with E-state index in [0.717, 1.165) is 20.8 Å². The van der Waals surface area contributed by atoms with Crippen molar-refractivity contribution in [3.8, 4) is 11.3 Å². The first-order valence-corrected chi connectivity index (χ1v) is 11.9. The van der Waals surface area contributed by atoms with E-state index in [1.54, 1.807) is 23.5 Å². The molecule has 168 valence electrons. The van der Waals surface area contributed by atoms with Crippen molar-refractivity contribution in [1.29, 1.82) is 0 Å². The molecule has 2 N–H and O–H groups in total. The fourth-order valence-corrected chi connectivity index (χ4v) is 4.87. The Bertz CT molecular complexity index is 1500. The third-order valence-corrected chi connectivity index (χ3v) is 6.76. The van der Waals surface area contributed by atoms with Gasteiger partial charge in [-0.2, -0.15) is 0 Å². The predicted octanol–water partition coefficient (Wildman–Crippen LogP) is 5.56. The van der Waals surface area contributed by atoms with Crippen molar-refractivity contribution in [2.45, 2.75) is 12.8 Å². The van der Waals surface area contributed by atoms with E-state index in [-0.39, 0.29) is 12.3 Å². The molecule has 0 atom stereocenters. The first-order valence-electron chi connectivity index (χ1n) is 10.7. The van der Waals surface area contributed by atoms with Crippen LogP contribution in [0.2, 0.25) is 5.02 Å². The second kappa shape index (κ2) is 9.59. The average molecular weight is 487 g/mol. The van der Waals surface area contributed by atoms with E-state index in [1.807, 2.05) is 66.7 Å². The summed E-state index contributed by atoms with van der Waals surface area (Å²) in [7, 11) is 0. The van der Waals surface area contributed by atoms with Gasteiger partial charge < -0.3 is 0 Å². The van der Waals surface area contributed by atoms with Crippen molar-refractivity contribution in [1.82, 2.24) is 20.8 Å². The number of nitrogens with one attached hydrogen (secondary N) is 2. The molecule has 0 aliphatic heterocycles. The third kappa shape index (κ3) is 4.62. The number of hydrazine groups is 1. The number of pyridine rings is 1. The topological polar surface area (TPSA) is 84.0 Å². The number of aromatic nitrogens is 2.